The standard InChI is InChI=1S/C14H9ClF3N3O/c1-8-5-9(15)7-19-13(8)21-10(11-3-2-4-22-11)6-12(20-21)14(16,17)18/h2-7H,1H3. The number of pyridine rings is 1. The molecule has 3 rings (SSSR count). The molecule has 0 radical (unpaired) electrons. The van der Waals surface area contributed by atoms with Gasteiger partial charge in [-0.15, -0.1) is 0 Å². The summed E-state index contributed by atoms with van der Waals surface area (Å²) < 4.78 is 45.2. The zero-order valence-corrected chi connectivity index (χ0v) is 12.0. The van der Waals surface area contributed by atoms with E-state index in [-0.39, 0.29) is 17.3 Å². The Bertz CT molecular complexity index is 809. The second-order valence-electron chi connectivity index (χ2n) is 4.60. The van der Waals surface area contributed by atoms with Crippen LogP contribution in [0.2, 0.25) is 5.02 Å². The highest BCUT2D eigenvalue weighted by atomic mass is 35.5. The topological polar surface area (TPSA) is 43.9 Å². The van der Waals surface area contributed by atoms with Crippen LogP contribution in [0.25, 0.3) is 17.3 Å². The van der Waals surface area contributed by atoms with E-state index >= 15 is 0 Å². The average molecular weight is 328 g/mol. The molecule has 3 heterocycles. The molecule has 22 heavy (non-hydrogen) atoms. The van der Waals surface area contributed by atoms with E-state index in [1.165, 1.54) is 12.5 Å². The van der Waals surface area contributed by atoms with Gasteiger partial charge in [-0.3, -0.25) is 0 Å². The van der Waals surface area contributed by atoms with Gasteiger partial charge in [0.2, 0.25) is 0 Å². The highest BCUT2D eigenvalue weighted by Gasteiger charge is 2.36. The zero-order chi connectivity index (χ0) is 15.9. The number of alkyl halides is 3. The fraction of sp³-hybridized carbons (Fsp3) is 0.143. The summed E-state index contributed by atoms with van der Waals surface area (Å²) in [7, 11) is 0. The molecule has 0 N–H and O–H groups in total. The molecule has 0 saturated carbocycles. The normalized spacial score (nSPS) is 11.9. The first-order chi connectivity index (χ1) is 10.4. The van der Waals surface area contributed by atoms with Crippen molar-refractivity contribution >= 4 is 11.6 Å². The van der Waals surface area contributed by atoms with E-state index in [2.05, 4.69) is 10.1 Å². The molecule has 0 bridgehead atoms. The average Bonchev–Trinajstić information content (AvgIpc) is 3.06. The maximum atomic E-state index is 13.0. The molecule has 0 amide bonds. The minimum absolute atomic E-state index is 0.162. The zero-order valence-electron chi connectivity index (χ0n) is 11.2. The van der Waals surface area contributed by atoms with Crippen LogP contribution in [-0.2, 0) is 6.18 Å². The minimum atomic E-state index is -4.56. The van der Waals surface area contributed by atoms with Crippen LogP contribution in [0, 0.1) is 6.92 Å². The largest absolute Gasteiger partial charge is 0.463 e. The molecule has 0 aliphatic rings. The molecular weight excluding hydrogens is 319 g/mol. The molecule has 0 fully saturated rings. The van der Waals surface area contributed by atoms with Gasteiger partial charge in [-0.2, -0.15) is 18.3 Å². The number of halogens is 4. The van der Waals surface area contributed by atoms with Gasteiger partial charge in [0, 0.05) is 12.3 Å². The van der Waals surface area contributed by atoms with Crippen molar-refractivity contribution in [3.63, 3.8) is 0 Å². The lowest BCUT2D eigenvalue weighted by atomic mass is 10.2. The van der Waals surface area contributed by atoms with Gasteiger partial charge in [0.25, 0.3) is 0 Å². The third-order valence-electron chi connectivity index (χ3n) is 2.99. The summed E-state index contributed by atoms with van der Waals surface area (Å²) in [5.41, 5.74) is -0.262. The Hall–Kier alpha value is -2.28. The van der Waals surface area contributed by atoms with Crippen molar-refractivity contribution in [2.24, 2.45) is 0 Å². The van der Waals surface area contributed by atoms with Gasteiger partial charge in [0.05, 0.1) is 11.3 Å². The van der Waals surface area contributed by atoms with Gasteiger partial charge in [-0.1, -0.05) is 11.6 Å². The lowest BCUT2D eigenvalue weighted by Gasteiger charge is -2.08. The van der Waals surface area contributed by atoms with Crippen LogP contribution in [0.15, 0.2) is 41.1 Å². The van der Waals surface area contributed by atoms with Crippen LogP contribution in [0.4, 0.5) is 13.2 Å². The number of aromatic nitrogens is 3. The van der Waals surface area contributed by atoms with E-state index in [0.717, 1.165) is 10.7 Å². The van der Waals surface area contributed by atoms with Crippen molar-refractivity contribution in [2.45, 2.75) is 13.1 Å². The van der Waals surface area contributed by atoms with Crippen LogP contribution in [0.3, 0.4) is 0 Å². The van der Waals surface area contributed by atoms with Crippen molar-refractivity contribution in [1.29, 1.82) is 0 Å². The quantitative estimate of drug-likeness (QED) is 0.695. The van der Waals surface area contributed by atoms with Crippen LogP contribution in [-0.4, -0.2) is 14.8 Å². The van der Waals surface area contributed by atoms with Crippen LogP contribution in [0.1, 0.15) is 11.3 Å². The number of furan rings is 1. The first kappa shape index (κ1) is 14.6. The monoisotopic (exact) mass is 327 g/mol. The van der Waals surface area contributed by atoms with Gasteiger partial charge in [-0.25, -0.2) is 9.67 Å². The van der Waals surface area contributed by atoms with E-state index in [0.29, 0.717) is 10.6 Å². The molecule has 3 aromatic rings. The van der Waals surface area contributed by atoms with Crippen molar-refractivity contribution in [3.8, 4) is 17.3 Å². The maximum absolute atomic E-state index is 13.0. The fourth-order valence-corrected chi connectivity index (χ4v) is 2.25. The van der Waals surface area contributed by atoms with Crippen LogP contribution < -0.4 is 0 Å². The number of hydrogen-bond acceptors (Lipinski definition) is 3. The van der Waals surface area contributed by atoms with Crippen LogP contribution in [0.5, 0.6) is 0 Å². The predicted molar refractivity (Wildman–Crippen MR) is 73.8 cm³/mol. The van der Waals surface area contributed by atoms with E-state index in [1.54, 1.807) is 25.1 Å². The Morgan fingerprint density at radius 2 is 2.05 bits per heavy atom. The van der Waals surface area contributed by atoms with Crippen LogP contribution >= 0.6 is 11.6 Å². The molecule has 0 aliphatic heterocycles. The van der Waals surface area contributed by atoms with Crippen molar-refractivity contribution in [1.82, 2.24) is 14.8 Å². The number of hydrogen-bond donors (Lipinski definition) is 0. The Balaban J connectivity index is 2.23. The molecule has 8 heteroatoms. The second kappa shape index (κ2) is 5.17. The van der Waals surface area contributed by atoms with Gasteiger partial charge >= 0.3 is 6.18 Å². The Morgan fingerprint density at radius 3 is 2.64 bits per heavy atom. The van der Waals surface area contributed by atoms with Crippen molar-refractivity contribution < 1.29 is 17.6 Å². The highest BCUT2D eigenvalue weighted by Crippen LogP contribution is 2.33. The smallest absolute Gasteiger partial charge is 0.435 e. The Morgan fingerprint density at radius 1 is 1.27 bits per heavy atom. The molecule has 0 saturated heterocycles. The van der Waals surface area contributed by atoms with Gasteiger partial charge in [0.1, 0.15) is 5.69 Å². The molecule has 0 unspecified atom stereocenters. The first-order valence-electron chi connectivity index (χ1n) is 6.20. The fourth-order valence-electron chi connectivity index (χ4n) is 2.04. The lowest BCUT2D eigenvalue weighted by molar-refractivity contribution is -0.141. The van der Waals surface area contributed by atoms with E-state index < -0.39 is 11.9 Å². The molecule has 114 valence electrons. The molecule has 4 nitrogen and oxygen atoms in total. The summed E-state index contributed by atoms with van der Waals surface area (Å²) in [4.78, 5) is 4.07. The summed E-state index contributed by atoms with van der Waals surface area (Å²) in [5.74, 6) is 0.519. The first-order valence-corrected chi connectivity index (χ1v) is 6.58. The Labute approximate surface area is 128 Å². The summed E-state index contributed by atoms with van der Waals surface area (Å²) in [6, 6.07) is 5.67. The summed E-state index contributed by atoms with van der Waals surface area (Å²) in [5, 5.41) is 4.02. The summed E-state index contributed by atoms with van der Waals surface area (Å²) in [6.07, 6.45) is -1.83. The molecule has 3 aromatic heterocycles. The van der Waals surface area contributed by atoms with E-state index in [4.69, 9.17) is 16.0 Å². The highest BCUT2D eigenvalue weighted by molar-refractivity contribution is 6.30. The van der Waals surface area contributed by atoms with Crippen molar-refractivity contribution in [2.75, 3.05) is 0 Å². The molecule has 0 aliphatic carbocycles. The van der Waals surface area contributed by atoms with Crippen molar-refractivity contribution in [3.05, 3.63) is 53.0 Å². The van der Waals surface area contributed by atoms with E-state index in [9.17, 15) is 13.2 Å². The molecule has 0 atom stereocenters. The minimum Gasteiger partial charge on any atom is -0.463 e. The lowest BCUT2D eigenvalue weighted by Crippen LogP contribution is -2.09. The number of nitrogens with zero attached hydrogens (tertiary/aromatic N) is 3. The van der Waals surface area contributed by atoms with E-state index in [1.807, 2.05) is 0 Å². The summed E-state index contributed by atoms with van der Waals surface area (Å²) in [6.45, 7) is 1.69. The van der Waals surface area contributed by atoms with Gasteiger partial charge in [-0.05, 0) is 30.7 Å². The van der Waals surface area contributed by atoms with Gasteiger partial charge in [0.15, 0.2) is 17.3 Å². The third-order valence-corrected chi connectivity index (χ3v) is 3.20. The third kappa shape index (κ3) is 2.59. The number of rotatable bonds is 2. The SMILES string of the molecule is Cc1cc(Cl)cnc1-n1nc(C(F)(F)F)cc1-c1ccco1. The second-order valence-corrected chi connectivity index (χ2v) is 5.03. The summed E-state index contributed by atoms with van der Waals surface area (Å²) >= 11 is 5.83. The molecule has 0 aromatic carbocycles. The number of aryl methyl sites for hydroxylation is 1. The molecule has 0 spiro atoms. The maximum Gasteiger partial charge on any atom is 0.435 e. The predicted octanol–water partition coefficient (Wildman–Crippen LogP) is 4.51. The van der Waals surface area contributed by atoms with Gasteiger partial charge < -0.3 is 4.42 Å². The Kier molecular flexibility index (Phi) is 3.44. The molecular formula is C14H9ClF3N3O.